The van der Waals surface area contributed by atoms with E-state index < -0.39 is 0 Å². The molecule has 0 saturated heterocycles. The van der Waals surface area contributed by atoms with Crippen molar-refractivity contribution in [3.05, 3.63) is 47.5 Å². The van der Waals surface area contributed by atoms with E-state index in [0.29, 0.717) is 17.7 Å². The number of carbonyl (C=O) groups excluding carboxylic acids is 1. The molecule has 0 radical (unpaired) electrons. The highest BCUT2D eigenvalue weighted by atomic mass is 16.3. The van der Waals surface area contributed by atoms with E-state index in [1.54, 1.807) is 37.2 Å². The fourth-order valence-electron chi connectivity index (χ4n) is 1.84. The molecule has 1 amide bonds. The quantitative estimate of drug-likeness (QED) is 0.912. The topological polar surface area (TPSA) is 58.4 Å². The fourth-order valence-corrected chi connectivity index (χ4v) is 1.84. The number of rotatable bonds is 3. The van der Waals surface area contributed by atoms with Crippen LogP contribution in [0.25, 0.3) is 0 Å². The SMILES string of the molecule is Cc1cc(C(=O)N(C)Cc2nccn2C)ccc1O. The molecule has 1 aromatic carbocycles. The Morgan fingerprint density at radius 3 is 2.79 bits per heavy atom. The minimum absolute atomic E-state index is 0.0916. The van der Waals surface area contributed by atoms with E-state index in [0.717, 1.165) is 5.82 Å². The summed E-state index contributed by atoms with van der Waals surface area (Å²) in [5.74, 6) is 0.931. The fraction of sp³-hybridized carbons (Fsp3) is 0.286. The number of aryl methyl sites for hydroxylation is 2. The molecule has 100 valence electrons. The Morgan fingerprint density at radius 1 is 1.47 bits per heavy atom. The first-order valence-electron chi connectivity index (χ1n) is 6.00. The molecule has 0 aliphatic carbocycles. The molecule has 2 aromatic rings. The molecule has 19 heavy (non-hydrogen) atoms. The van der Waals surface area contributed by atoms with Crippen molar-refractivity contribution in [1.82, 2.24) is 14.5 Å². The van der Waals surface area contributed by atoms with Gasteiger partial charge in [0.2, 0.25) is 0 Å². The molecule has 0 saturated carbocycles. The summed E-state index contributed by atoms with van der Waals surface area (Å²) < 4.78 is 1.88. The first-order chi connectivity index (χ1) is 8.99. The molecule has 0 bridgehead atoms. The summed E-state index contributed by atoms with van der Waals surface area (Å²) in [4.78, 5) is 18.1. The van der Waals surface area contributed by atoms with Crippen molar-refractivity contribution in [3.8, 4) is 5.75 Å². The maximum Gasteiger partial charge on any atom is 0.254 e. The molecule has 0 aliphatic rings. The predicted molar refractivity (Wildman–Crippen MR) is 71.8 cm³/mol. The van der Waals surface area contributed by atoms with E-state index in [1.165, 1.54) is 6.07 Å². The Labute approximate surface area is 112 Å². The average molecular weight is 259 g/mol. The first-order valence-corrected chi connectivity index (χ1v) is 6.00. The summed E-state index contributed by atoms with van der Waals surface area (Å²) in [6.07, 6.45) is 3.55. The van der Waals surface area contributed by atoms with Gasteiger partial charge >= 0.3 is 0 Å². The van der Waals surface area contributed by atoms with E-state index in [2.05, 4.69) is 4.98 Å². The number of imidazole rings is 1. The Morgan fingerprint density at radius 2 is 2.21 bits per heavy atom. The molecule has 0 unspecified atom stereocenters. The average Bonchev–Trinajstić information content (AvgIpc) is 2.77. The number of aromatic hydroxyl groups is 1. The van der Waals surface area contributed by atoms with Crippen LogP contribution in [0.5, 0.6) is 5.75 Å². The van der Waals surface area contributed by atoms with Crippen LogP contribution in [0.4, 0.5) is 0 Å². The molecule has 1 heterocycles. The summed E-state index contributed by atoms with van der Waals surface area (Å²) in [5.41, 5.74) is 1.25. The van der Waals surface area contributed by atoms with Crippen molar-refractivity contribution < 1.29 is 9.90 Å². The summed E-state index contributed by atoms with van der Waals surface area (Å²) in [6.45, 7) is 2.22. The largest absolute Gasteiger partial charge is 0.508 e. The summed E-state index contributed by atoms with van der Waals surface area (Å²) in [5, 5.41) is 9.47. The van der Waals surface area contributed by atoms with Gasteiger partial charge in [-0.3, -0.25) is 4.79 Å². The molecule has 0 fully saturated rings. The van der Waals surface area contributed by atoms with E-state index in [9.17, 15) is 9.90 Å². The summed E-state index contributed by atoms with van der Waals surface area (Å²) >= 11 is 0. The third-order valence-corrected chi connectivity index (χ3v) is 3.09. The van der Waals surface area contributed by atoms with Crippen LogP contribution in [-0.2, 0) is 13.6 Å². The van der Waals surface area contributed by atoms with Crippen molar-refractivity contribution in [1.29, 1.82) is 0 Å². The number of amides is 1. The monoisotopic (exact) mass is 259 g/mol. The van der Waals surface area contributed by atoms with Crippen molar-refractivity contribution in [2.45, 2.75) is 13.5 Å². The van der Waals surface area contributed by atoms with E-state index >= 15 is 0 Å². The van der Waals surface area contributed by atoms with Gasteiger partial charge in [-0.15, -0.1) is 0 Å². The Bertz CT molecular complexity index is 604. The first kappa shape index (κ1) is 13.1. The van der Waals surface area contributed by atoms with Crippen LogP contribution in [0.3, 0.4) is 0 Å². The van der Waals surface area contributed by atoms with Gasteiger partial charge in [0.05, 0.1) is 6.54 Å². The highest BCUT2D eigenvalue weighted by Gasteiger charge is 2.14. The Hall–Kier alpha value is -2.30. The summed E-state index contributed by atoms with van der Waals surface area (Å²) in [6, 6.07) is 4.85. The molecule has 5 nitrogen and oxygen atoms in total. The number of benzene rings is 1. The van der Waals surface area contributed by atoms with E-state index in [4.69, 9.17) is 0 Å². The zero-order valence-corrected chi connectivity index (χ0v) is 11.3. The highest BCUT2D eigenvalue weighted by Crippen LogP contribution is 2.18. The molecule has 2 rings (SSSR count). The van der Waals surface area contributed by atoms with Gasteiger partial charge in [0.1, 0.15) is 11.6 Å². The van der Waals surface area contributed by atoms with Crippen LogP contribution >= 0.6 is 0 Å². The lowest BCUT2D eigenvalue weighted by Crippen LogP contribution is -2.27. The smallest absolute Gasteiger partial charge is 0.254 e. The van der Waals surface area contributed by atoms with Gasteiger partial charge in [0.25, 0.3) is 5.91 Å². The molecule has 1 N–H and O–H groups in total. The Kier molecular flexibility index (Phi) is 3.55. The van der Waals surface area contributed by atoms with Gasteiger partial charge < -0.3 is 14.6 Å². The third-order valence-electron chi connectivity index (χ3n) is 3.09. The maximum absolute atomic E-state index is 12.3. The number of carbonyl (C=O) groups is 1. The maximum atomic E-state index is 12.3. The predicted octanol–water partition coefficient (Wildman–Crippen LogP) is 1.71. The minimum atomic E-state index is -0.0916. The molecular formula is C14H17N3O2. The van der Waals surface area contributed by atoms with Crippen LogP contribution in [0.1, 0.15) is 21.7 Å². The second kappa shape index (κ2) is 5.14. The molecule has 0 spiro atoms. The van der Waals surface area contributed by atoms with Gasteiger partial charge in [-0.1, -0.05) is 0 Å². The summed E-state index contributed by atoms with van der Waals surface area (Å²) in [7, 11) is 3.63. The lowest BCUT2D eigenvalue weighted by atomic mass is 10.1. The molecule has 0 atom stereocenters. The number of hydrogen-bond donors (Lipinski definition) is 1. The van der Waals surface area contributed by atoms with Gasteiger partial charge in [0, 0.05) is 32.1 Å². The lowest BCUT2D eigenvalue weighted by Gasteiger charge is -2.17. The van der Waals surface area contributed by atoms with Gasteiger partial charge in [-0.05, 0) is 30.7 Å². The molecule has 1 aromatic heterocycles. The van der Waals surface area contributed by atoms with E-state index in [1.807, 2.05) is 17.8 Å². The van der Waals surface area contributed by atoms with Gasteiger partial charge in [0.15, 0.2) is 0 Å². The second-order valence-corrected chi connectivity index (χ2v) is 4.62. The van der Waals surface area contributed by atoms with Crippen molar-refractivity contribution in [2.24, 2.45) is 7.05 Å². The lowest BCUT2D eigenvalue weighted by molar-refractivity contribution is 0.0780. The van der Waals surface area contributed by atoms with Gasteiger partial charge in [-0.25, -0.2) is 4.98 Å². The normalized spacial score (nSPS) is 10.5. The van der Waals surface area contributed by atoms with Crippen LogP contribution < -0.4 is 0 Å². The number of hydrogen-bond acceptors (Lipinski definition) is 3. The van der Waals surface area contributed by atoms with Crippen LogP contribution in [0, 0.1) is 6.92 Å². The number of nitrogens with zero attached hydrogens (tertiary/aromatic N) is 3. The Balaban J connectivity index is 2.15. The number of aromatic nitrogens is 2. The van der Waals surface area contributed by atoms with Crippen LogP contribution in [-0.4, -0.2) is 32.5 Å². The molecule has 0 aliphatic heterocycles. The molecule has 5 heteroatoms. The van der Waals surface area contributed by atoms with Crippen LogP contribution in [0.2, 0.25) is 0 Å². The van der Waals surface area contributed by atoms with E-state index in [-0.39, 0.29) is 11.7 Å². The van der Waals surface area contributed by atoms with Crippen molar-refractivity contribution >= 4 is 5.91 Å². The number of phenols is 1. The highest BCUT2D eigenvalue weighted by molar-refractivity contribution is 5.94. The van der Waals surface area contributed by atoms with Crippen LogP contribution in [0.15, 0.2) is 30.6 Å². The zero-order chi connectivity index (χ0) is 14.0. The second-order valence-electron chi connectivity index (χ2n) is 4.62. The third kappa shape index (κ3) is 2.76. The van der Waals surface area contributed by atoms with Gasteiger partial charge in [-0.2, -0.15) is 0 Å². The van der Waals surface area contributed by atoms with Crippen molar-refractivity contribution in [3.63, 3.8) is 0 Å². The van der Waals surface area contributed by atoms with Crippen molar-refractivity contribution in [2.75, 3.05) is 7.05 Å². The zero-order valence-electron chi connectivity index (χ0n) is 11.3. The molecular weight excluding hydrogens is 242 g/mol. The number of phenolic OH excluding ortho intramolecular Hbond substituents is 1. The minimum Gasteiger partial charge on any atom is -0.508 e. The standard InChI is InChI=1S/C14H17N3O2/c1-10-8-11(4-5-12(10)18)14(19)17(3)9-13-15-6-7-16(13)2/h4-8,18H,9H2,1-3H3.